The average Bonchev–Trinajstić information content (AvgIpc) is 2.43. The Morgan fingerprint density at radius 1 is 1.26 bits per heavy atom. The number of pyridine rings is 1. The highest BCUT2D eigenvalue weighted by atomic mass is 16.6. The normalized spacial score (nSPS) is 12.7. The molecule has 0 saturated heterocycles. The van der Waals surface area contributed by atoms with Crippen molar-refractivity contribution < 1.29 is 19.4 Å². The molecule has 0 unspecified atom stereocenters. The van der Waals surface area contributed by atoms with Gasteiger partial charge in [0, 0.05) is 23.3 Å². The minimum absolute atomic E-state index is 0.255. The van der Waals surface area contributed by atoms with Gasteiger partial charge in [-0.3, -0.25) is 9.78 Å². The summed E-state index contributed by atoms with van der Waals surface area (Å²) in [5.74, 6) is -1.01. The lowest BCUT2D eigenvalue weighted by molar-refractivity contribution is -0.137. The lowest BCUT2D eigenvalue weighted by atomic mass is 9.99. The second-order valence-corrected chi connectivity index (χ2v) is 6.25. The van der Waals surface area contributed by atoms with Crippen LogP contribution in [-0.2, 0) is 9.53 Å². The summed E-state index contributed by atoms with van der Waals surface area (Å²) in [7, 11) is 0. The van der Waals surface area contributed by atoms with Crippen LogP contribution in [0, 0.1) is 0 Å². The van der Waals surface area contributed by atoms with E-state index in [-0.39, 0.29) is 6.42 Å². The van der Waals surface area contributed by atoms with Crippen LogP contribution >= 0.6 is 0 Å². The van der Waals surface area contributed by atoms with Crippen LogP contribution in [0.15, 0.2) is 36.7 Å². The number of nitrogens with one attached hydrogen (secondary N) is 1. The van der Waals surface area contributed by atoms with Crippen LogP contribution in [0.3, 0.4) is 0 Å². The van der Waals surface area contributed by atoms with Crippen LogP contribution in [0.1, 0.15) is 38.8 Å². The Balaban J connectivity index is 2.34. The van der Waals surface area contributed by atoms with E-state index in [1.54, 1.807) is 33.2 Å². The predicted molar refractivity (Wildman–Crippen MR) is 86.1 cm³/mol. The molecule has 6 nitrogen and oxygen atoms in total. The maximum absolute atomic E-state index is 12.0. The van der Waals surface area contributed by atoms with Crippen molar-refractivity contribution in [1.82, 2.24) is 10.3 Å². The summed E-state index contributed by atoms with van der Waals surface area (Å²) in [5.41, 5.74) is -0.00847. The second kappa shape index (κ2) is 6.64. The number of rotatable bonds is 4. The molecule has 2 N–H and O–H groups in total. The number of hydrogen-bond donors (Lipinski definition) is 2. The van der Waals surface area contributed by atoms with Gasteiger partial charge in [-0.05, 0) is 26.2 Å². The summed E-state index contributed by atoms with van der Waals surface area (Å²) in [4.78, 5) is 27.3. The topological polar surface area (TPSA) is 88.5 Å². The van der Waals surface area contributed by atoms with E-state index in [9.17, 15) is 9.59 Å². The highest BCUT2D eigenvalue weighted by molar-refractivity contribution is 5.86. The van der Waals surface area contributed by atoms with Crippen molar-refractivity contribution in [2.45, 2.75) is 38.8 Å². The molecule has 0 radical (unpaired) electrons. The zero-order chi connectivity index (χ0) is 17.0. The number of aliphatic carboxylic acids is 1. The first-order valence-electron chi connectivity index (χ1n) is 7.30. The number of carboxylic acid groups (broad SMARTS) is 1. The number of hydrogen-bond acceptors (Lipinski definition) is 4. The standard InChI is InChI=1S/C17H20N2O4/c1-17(2,3)23-16(22)19-14(8-15(20)21)13-10-18-9-11-6-4-5-7-12(11)13/h4-7,9-10,14H,8H2,1-3H3,(H,19,22)(H,20,21)/t14-/m0/s1. The van der Waals surface area contributed by atoms with Crippen LogP contribution in [0.5, 0.6) is 0 Å². The molecule has 6 heteroatoms. The maximum atomic E-state index is 12.0. The number of benzene rings is 1. The summed E-state index contributed by atoms with van der Waals surface area (Å²) in [6.07, 6.45) is 2.36. The van der Waals surface area contributed by atoms with Gasteiger partial charge in [0.05, 0.1) is 12.5 Å². The van der Waals surface area contributed by atoms with E-state index in [0.717, 1.165) is 10.8 Å². The molecule has 1 heterocycles. The molecule has 0 bridgehead atoms. The number of alkyl carbamates (subject to hydrolysis) is 1. The molecule has 122 valence electrons. The number of carboxylic acids is 1. The van der Waals surface area contributed by atoms with Crippen molar-refractivity contribution in [2.75, 3.05) is 0 Å². The maximum Gasteiger partial charge on any atom is 0.408 e. The summed E-state index contributed by atoms with van der Waals surface area (Å²) in [5, 5.41) is 13.5. The Morgan fingerprint density at radius 2 is 1.96 bits per heavy atom. The molecule has 0 aliphatic carbocycles. The predicted octanol–water partition coefficient (Wildman–Crippen LogP) is 3.28. The molecule has 0 aliphatic heterocycles. The lowest BCUT2D eigenvalue weighted by Crippen LogP contribution is -2.36. The third kappa shape index (κ3) is 4.67. The number of amides is 1. The second-order valence-electron chi connectivity index (χ2n) is 6.25. The Labute approximate surface area is 134 Å². The molecule has 0 saturated carbocycles. The first-order chi connectivity index (χ1) is 10.8. The van der Waals surface area contributed by atoms with E-state index in [4.69, 9.17) is 9.84 Å². The fourth-order valence-electron chi connectivity index (χ4n) is 2.28. The summed E-state index contributed by atoms with van der Waals surface area (Å²) < 4.78 is 5.22. The Morgan fingerprint density at radius 3 is 2.61 bits per heavy atom. The fourth-order valence-corrected chi connectivity index (χ4v) is 2.28. The summed E-state index contributed by atoms with van der Waals surface area (Å²) in [6, 6.07) is 6.77. The van der Waals surface area contributed by atoms with Gasteiger partial charge in [-0.2, -0.15) is 0 Å². The Bertz CT molecular complexity index is 717. The fraction of sp³-hybridized carbons (Fsp3) is 0.353. The molecule has 0 aliphatic rings. The monoisotopic (exact) mass is 316 g/mol. The van der Waals surface area contributed by atoms with Crippen LogP contribution in [-0.4, -0.2) is 27.8 Å². The van der Waals surface area contributed by atoms with Gasteiger partial charge >= 0.3 is 12.1 Å². The number of nitrogens with zero attached hydrogens (tertiary/aromatic N) is 1. The van der Waals surface area contributed by atoms with Crippen molar-refractivity contribution in [2.24, 2.45) is 0 Å². The van der Waals surface area contributed by atoms with Gasteiger partial charge in [-0.1, -0.05) is 24.3 Å². The first-order valence-corrected chi connectivity index (χ1v) is 7.30. The minimum Gasteiger partial charge on any atom is -0.481 e. The van der Waals surface area contributed by atoms with E-state index in [1.165, 1.54) is 0 Å². The van der Waals surface area contributed by atoms with Crippen LogP contribution in [0.4, 0.5) is 4.79 Å². The number of carbonyl (C=O) groups excluding carboxylic acids is 1. The summed E-state index contributed by atoms with van der Waals surface area (Å²) >= 11 is 0. The number of ether oxygens (including phenoxy) is 1. The van der Waals surface area contributed by atoms with Crippen LogP contribution < -0.4 is 5.32 Å². The quantitative estimate of drug-likeness (QED) is 0.903. The van der Waals surface area contributed by atoms with Gasteiger partial charge in [-0.25, -0.2) is 4.79 Å². The Kier molecular flexibility index (Phi) is 4.83. The zero-order valence-electron chi connectivity index (χ0n) is 13.4. The molecule has 23 heavy (non-hydrogen) atoms. The molecule has 1 aromatic heterocycles. The zero-order valence-corrected chi connectivity index (χ0v) is 13.4. The number of aromatic nitrogens is 1. The number of carbonyl (C=O) groups is 2. The van der Waals surface area contributed by atoms with Gasteiger partial charge in [0.1, 0.15) is 5.60 Å². The molecule has 2 aromatic rings. The average molecular weight is 316 g/mol. The molecular weight excluding hydrogens is 296 g/mol. The van der Waals surface area contributed by atoms with E-state index < -0.39 is 23.7 Å². The molecule has 1 aromatic carbocycles. The molecule has 2 rings (SSSR count). The van der Waals surface area contributed by atoms with Crippen molar-refractivity contribution in [1.29, 1.82) is 0 Å². The Hall–Kier alpha value is -2.63. The SMILES string of the molecule is CC(C)(C)OC(=O)N[C@@H](CC(=O)O)c1cncc2ccccc12. The molecular formula is C17H20N2O4. The minimum atomic E-state index is -1.01. The molecule has 0 fully saturated rings. The van der Waals surface area contributed by atoms with E-state index in [0.29, 0.717) is 5.56 Å². The van der Waals surface area contributed by atoms with Crippen molar-refractivity contribution in [3.63, 3.8) is 0 Å². The largest absolute Gasteiger partial charge is 0.481 e. The molecule has 0 spiro atoms. The van der Waals surface area contributed by atoms with Crippen LogP contribution in [0.25, 0.3) is 10.8 Å². The van der Waals surface area contributed by atoms with Crippen LogP contribution in [0.2, 0.25) is 0 Å². The van der Waals surface area contributed by atoms with Gasteiger partial charge in [0.25, 0.3) is 0 Å². The highest BCUT2D eigenvalue weighted by Crippen LogP contribution is 2.25. The van der Waals surface area contributed by atoms with Gasteiger partial charge in [-0.15, -0.1) is 0 Å². The third-order valence-corrected chi connectivity index (χ3v) is 3.14. The van der Waals surface area contributed by atoms with E-state index >= 15 is 0 Å². The van der Waals surface area contributed by atoms with Gasteiger partial charge < -0.3 is 15.2 Å². The van der Waals surface area contributed by atoms with Gasteiger partial charge in [0.15, 0.2) is 0 Å². The van der Waals surface area contributed by atoms with Crippen molar-refractivity contribution in [3.05, 3.63) is 42.2 Å². The molecule has 1 atom stereocenters. The van der Waals surface area contributed by atoms with Crippen molar-refractivity contribution >= 4 is 22.8 Å². The smallest absolute Gasteiger partial charge is 0.408 e. The van der Waals surface area contributed by atoms with E-state index in [1.807, 2.05) is 24.3 Å². The van der Waals surface area contributed by atoms with Crippen molar-refractivity contribution in [3.8, 4) is 0 Å². The summed E-state index contributed by atoms with van der Waals surface area (Å²) in [6.45, 7) is 5.24. The molecule has 1 amide bonds. The highest BCUT2D eigenvalue weighted by Gasteiger charge is 2.23. The van der Waals surface area contributed by atoms with Gasteiger partial charge in [0.2, 0.25) is 0 Å². The van der Waals surface area contributed by atoms with E-state index in [2.05, 4.69) is 10.3 Å². The first kappa shape index (κ1) is 16.7. The number of fused-ring (bicyclic) bond motifs is 1. The third-order valence-electron chi connectivity index (χ3n) is 3.14. The lowest BCUT2D eigenvalue weighted by Gasteiger charge is -2.23.